The molecule has 10 heteroatoms. The summed E-state index contributed by atoms with van der Waals surface area (Å²) >= 11 is 0. The maximum Gasteiger partial charge on any atom is 0.485 e. The van der Waals surface area contributed by atoms with E-state index in [9.17, 15) is 13.2 Å². The van der Waals surface area contributed by atoms with Gasteiger partial charge in [-0.25, -0.2) is 8.42 Å². The molecule has 0 aliphatic carbocycles. The van der Waals surface area contributed by atoms with Gasteiger partial charge in [-0.2, -0.15) is 17.7 Å². The summed E-state index contributed by atoms with van der Waals surface area (Å²) in [5.41, 5.74) is 3.53. The molecule has 0 atom stereocenters. The molecule has 2 heterocycles. The van der Waals surface area contributed by atoms with Crippen molar-refractivity contribution in [3.63, 3.8) is 0 Å². The zero-order valence-corrected chi connectivity index (χ0v) is 25.5. The Kier molecular flexibility index (Phi) is 8.62. The molecule has 0 saturated carbocycles. The zero-order chi connectivity index (χ0) is 31.0. The van der Waals surface area contributed by atoms with Gasteiger partial charge in [-0.3, -0.25) is 0 Å². The van der Waals surface area contributed by atoms with Crippen molar-refractivity contribution >= 4 is 55.1 Å². The first-order chi connectivity index (χ1) is 19.6. The standard InChI is InChI=1S/C31H36N3.CHF3O3S/c1-7-33(8-2)23-16-18-28-25(21-23)24-20-22(14-17-27(24)34(28)9-3)15-19-30-31(4,5)26-12-10-11-13-29(26)32(30)6;2-1(3,4)8(5,6)7/h10-21H,7-9H2,1-6H3;(H,5,6,7)/q+1;/p-1. The quantitative estimate of drug-likeness (QED) is 0.131. The van der Waals surface area contributed by atoms with Gasteiger partial charge in [0, 0.05) is 64.8 Å². The van der Waals surface area contributed by atoms with Gasteiger partial charge in [0.15, 0.2) is 15.8 Å². The predicted molar refractivity (Wildman–Crippen MR) is 164 cm³/mol. The van der Waals surface area contributed by atoms with Crippen LogP contribution in [0.5, 0.6) is 0 Å². The lowest BCUT2D eigenvalue weighted by atomic mass is 9.81. The summed E-state index contributed by atoms with van der Waals surface area (Å²) in [5.74, 6) is 0. The summed E-state index contributed by atoms with van der Waals surface area (Å²) < 4.78 is 63.7. The first kappa shape index (κ1) is 31.3. The molecule has 1 aliphatic heterocycles. The fourth-order valence-electron chi connectivity index (χ4n) is 5.82. The van der Waals surface area contributed by atoms with Crippen molar-refractivity contribution in [2.45, 2.75) is 52.1 Å². The lowest BCUT2D eigenvalue weighted by Crippen LogP contribution is -2.26. The Labute approximate surface area is 245 Å². The number of benzene rings is 3. The Morgan fingerprint density at radius 3 is 2.05 bits per heavy atom. The minimum Gasteiger partial charge on any atom is -0.741 e. The lowest BCUT2D eigenvalue weighted by Gasteiger charge is -2.21. The smallest absolute Gasteiger partial charge is 0.485 e. The van der Waals surface area contributed by atoms with E-state index in [4.69, 9.17) is 13.0 Å². The van der Waals surface area contributed by atoms with Gasteiger partial charge in [0.25, 0.3) is 0 Å². The summed E-state index contributed by atoms with van der Waals surface area (Å²) in [7, 11) is -3.91. The van der Waals surface area contributed by atoms with Gasteiger partial charge in [-0.15, -0.1) is 0 Å². The van der Waals surface area contributed by atoms with E-state index in [0.717, 1.165) is 19.6 Å². The molecule has 1 aliphatic rings. The molecule has 42 heavy (non-hydrogen) atoms. The molecular formula is C32H36F3N3O3S. The molecule has 0 radical (unpaired) electrons. The lowest BCUT2D eigenvalue weighted by molar-refractivity contribution is -0.401. The first-order valence-corrected chi connectivity index (χ1v) is 15.3. The average molecular weight is 600 g/mol. The molecule has 5 rings (SSSR count). The largest absolute Gasteiger partial charge is 0.741 e. The van der Waals surface area contributed by atoms with Gasteiger partial charge >= 0.3 is 5.51 Å². The highest BCUT2D eigenvalue weighted by Gasteiger charge is 2.42. The van der Waals surface area contributed by atoms with Crippen LogP contribution >= 0.6 is 0 Å². The van der Waals surface area contributed by atoms with E-state index in [1.54, 1.807) is 0 Å². The number of aromatic nitrogens is 1. The fourth-order valence-corrected chi connectivity index (χ4v) is 5.82. The molecule has 4 aromatic rings. The SMILES string of the molecule is CCN(CC)c1ccc2c(c1)c1cc(C=CC3=[N+](C)c4ccccc4C3(C)C)ccc1n2CC.O=S(=O)([O-])C(F)(F)F. The molecular weight excluding hydrogens is 563 g/mol. The number of hydrogen-bond donors (Lipinski definition) is 0. The van der Waals surface area contributed by atoms with Crippen LogP contribution in [-0.4, -0.2) is 53.5 Å². The number of allylic oxidation sites excluding steroid dienone is 1. The third-order valence-corrected chi connectivity index (χ3v) is 8.54. The monoisotopic (exact) mass is 599 g/mol. The summed E-state index contributed by atoms with van der Waals surface area (Å²) in [6.45, 7) is 14.3. The molecule has 0 fully saturated rings. The third kappa shape index (κ3) is 5.70. The van der Waals surface area contributed by atoms with Crippen LogP contribution in [0.25, 0.3) is 27.9 Å². The van der Waals surface area contributed by atoms with Crippen LogP contribution < -0.4 is 4.90 Å². The van der Waals surface area contributed by atoms with Crippen molar-refractivity contribution in [2.75, 3.05) is 25.0 Å². The molecule has 0 spiro atoms. The van der Waals surface area contributed by atoms with E-state index in [1.807, 2.05) is 0 Å². The van der Waals surface area contributed by atoms with Gasteiger partial charge in [0.2, 0.25) is 5.69 Å². The van der Waals surface area contributed by atoms with E-state index < -0.39 is 15.6 Å². The van der Waals surface area contributed by atoms with E-state index in [2.05, 4.69) is 129 Å². The highest BCUT2D eigenvalue weighted by molar-refractivity contribution is 7.86. The summed E-state index contributed by atoms with van der Waals surface area (Å²) in [4.78, 5) is 2.42. The number of para-hydroxylation sites is 1. The molecule has 3 aromatic carbocycles. The Hall–Kier alpha value is -3.63. The highest BCUT2D eigenvalue weighted by Crippen LogP contribution is 2.39. The van der Waals surface area contributed by atoms with Crippen LogP contribution in [0.4, 0.5) is 24.5 Å². The third-order valence-electron chi connectivity index (χ3n) is 7.97. The number of hydrogen-bond acceptors (Lipinski definition) is 4. The van der Waals surface area contributed by atoms with Crippen molar-refractivity contribution in [1.82, 2.24) is 4.57 Å². The molecule has 0 bridgehead atoms. The average Bonchev–Trinajstić information content (AvgIpc) is 3.34. The maximum atomic E-state index is 10.7. The van der Waals surface area contributed by atoms with Crippen molar-refractivity contribution < 1.29 is 30.7 Å². The molecule has 0 unspecified atom stereocenters. The van der Waals surface area contributed by atoms with Crippen molar-refractivity contribution in [3.05, 3.63) is 77.9 Å². The minimum absolute atomic E-state index is 0.0111. The second kappa shape index (κ2) is 11.6. The van der Waals surface area contributed by atoms with Crippen LogP contribution in [0.3, 0.4) is 0 Å². The molecule has 6 nitrogen and oxygen atoms in total. The minimum atomic E-state index is -6.09. The van der Waals surface area contributed by atoms with Crippen LogP contribution in [-0.2, 0) is 22.1 Å². The van der Waals surface area contributed by atoms with E-state index in [0.29, 0.717) is 0 Å². The van der Waals surface area contributed by atoms with Gasteiger partial charge in [-0.05, 0) is 76.6 Å². The van der Waals surface area contributed by atoms with E-state index >= 15 is 0 Å². The number of alkyl halides is 3. The Morgan fingerprint density at radius 2 is 1.50 bits per heavy atom. The Balaban J connectivity index is 0.000000446. The second-order valence-electron chi connectivity index (χ2n) is 10.7. The number of rotatable bonds is 6. The predicted octanol–water partition coefficient (Wildman–Crippen LogP) is 7.43. The first-order valence-electron chi connectivity index (χ1n) is 13.9. The number of anilines is 1. The fraction of sp³-hybridized carbons (Fsp3) is 0.344. The van der Waals surface area contributed by atoms with Crippen molar-refractivity contribution in [3.8, 4) is 0 Å². The Morgan fingerprint density at radius 1 is 0.929 bits per heavy atom. The summed E-state index contributed by atoms with van der Waals surface area (Å²) in [6, 6.07) is 22.6. The van der Waals surface area contributed by atoms with Crippen LogP contribution in [0.1, 0.15) is 45.7 Å². The highest BCUT2D eigenvalue weighted by atomic mass is 32.2. The van der Waals surface area contributed by atoms with Gasteiger partial charge in [0.1, 0.15) is 7.05 Å². The number of nitrogens with zero attached hydrogens (tertiary/aromatic N) is 3. The molecule has 0 saturated heterocycles. The topological polar surface area (TPSA) is 68.4 Å². The molecule has 224 valence electrons. The summed E-state index contributed by atoms with van der Waals surface area (Å²) in [6.07, 6.45) is 4.59. The molecule has 1 aromatic heterocycles. The number of halogens is 3. The number of aryl methyl sites for hydroxylation is 1. The van der Waals surface area contributed by atoms with Crippen LogP contribution in [0, 0.1) is 0 Å². The van der Waals surface area contributed by atoms with Crippen molar-refractivity contribution in [1.29, 1.82) is 0 Å². The van der Waals surface area contributed by atoms with Crippen LogP contribution in [0.15, 0.2) is 66.7 Å². The Bertz CT molecular complexity index is 1800. The second-order valence-corrected chi connectivity index (χ2v) is 12.1. The van der Waals surface area contributed by atoms with Gasteiger partial charge in [0.05, 0.1) is 5.41 Å². The van der Waals surface area contributed by atoms with E-state index in [-0.39, 0.29) is 5.41 Å². The van der Waals surface area contributed by atoms with E-state index in [1.165, 1.54) is 50.0 Å². The van der Waals surface area contributed by atoms with Gasteiger partial charge in [-0.1, -0.05) is 24.3 Å². The zero-order valence-electron chi connectivity index (χ0n) is 24.7. The maximum absolute atomic E-state index is 10.7. The summed E-state index contributed by atoms with van der Waals surface area (Å²) in [5, 5.41) is 2.68. The van der Waals surface area contributed by atoms with Crippen molar-refractivity contribution in [2.24, 2.45) is 0 Å². The number of fused-ring (bicyclic) bond motifs is 4. The normalized spacial score (nSPS) is 14.9. The van der Waals surface area contributed by atoms with Gasteiger partial charge < -0.3 is 14.0 Å². The molecule has 0 amide bonds. The molecule has 0 N–H and O–H groups in total. The van der Waals surface area contributed by atoms with Crippen LogP contribution in [0.2, 0.25) is 0 Å².